The van der Waals surface area contributed by atoms with E-state index >= 15 is 0 Å². The molecule has 10 atom stereocenters. The van der Waals surface area contributed by atoms with Crippen LogP contribution in [0.5, 0.6) is 0 Å². The molecule has 0 spiro atoms. The number of benzene rings is 1. The quantitative estimate of drug-likeness (QED) is 0.127. The smallest absolute Gasteiger partial charge is 0.303 e. The highest BCUT2D eigenvalue weighted by Crippen LogP contribution is 2.77. The number of amides is 2. The van der Waals surface area contributed by atoms with Crippen molar-refractivity contribution >= 4 is 17.8 Å². The summed E-state index contributed by atoms with van der Waals surface area (Å²) in [7, 11) is 0. The number of fused-ring (bicyclic) bond motifs is 7. The first-order valence-corrected chi connectivity index (χ1v) is 20.7. The van der Waals surface area contributed by atoms with Crippen LogP contribution in [0.4, 0.5) is 0 Å². The van der Waals surface area contributed by atoms with Gasteiger partial charge >= 0.3 is 5.97 Å². The largest absolute Gasteiger partial charge is 0.481 e. The Balaban J connectivity index is 1.15. The molecule has 1 aromatic carbocycles. The lowest BCUT2D eigenvalue weighted by Gasteiger charge is -2.72. The number of aliphatic hydroxyl groups is 1. The topological polar surface area (TPSA) is 116 Å². The van der Waals surface area contributed by atoms with Crippen LogP contribution >= 0.6 is 0 Å². The Hall–Kier alpha value is -2.67. The lowest BCUT2D eigenvalue weighted by Crippen LogP contribution is -2.67. The normalized spacial score (nSPS) is 38.9. The number of carbonyl (C=O) groups is 3. The summed E-state index contributed by atoms with van der Waals surface area (Å²) >= 11 is 0. The van der Waals surface area contributed by atoms with Gasteiger partial charge in [0.2, 0.25) is 5.91 Å². The number of aliphatic carboxylic acids is 1. The van der Waals surface area contributed by atoms with Crippen molar-refractivity contribution in [3.05, 3.63) is 47.5 Å². The monoisotopic (exact) mass is 717 g/mol. The Bertz CT molecular complexity index is 1540. The second-order valence-electron chi connectivity index (χ2n) is 19.4. The molecule has 6 rings (SSSR count). The molecule has 0 radical (unpaired) electrons. The minimum Gasteiger partial charge on any atom is -0.481 e. The van der Waals surface area contributed by atoms with Crippen molar-refractivity contribution in [3.8, 4) is 0 Å². The zero-order valence-corrected chi connectivity index (χ0v) is 33.1. The van der Waals surface area contributed by atoms with Crippen LogP contribution in [0.25, 0.3) is 0 Å². The molecule has 7 nitrogen and oxygen atoms in total. The SMILES string of the molecule is C=C(C)[C@@H]1CC[C@]2(C(=O)NCc3cccc(C(=O)NCCCCCCC(=O)O)c3)CC[C@]3(C)C(CCC4[C@@]5(C)CC[C@H](O)C(C)(C)C5CC[C@]43C)C12. The van der Waals surface area contributed by atoms with Crippen molar-refractivity contribution in [2.45, 2.75) is 151 Å². The number of rotatable bonds is 12. The molecule has 0 saturated heterocycles. The highest BCUT2D eigenvalue weighted by Gasteiger charge is 2.71. The number of aliphatic hydroxyl groups excluding tert-OH is 1. The molecule has 1 aromatic rings. The molecule has 0 bridgehead atoms. The van der Waals surface area contributed by atoms with E-state index in [0.717, 1.165) is 63.4 Å². The summed E-state index contributed by atoms with van der Waals surface area (Å²) in [5.74, 6) is 1.59. The van der Waals surface area contributed by atoms with E-state index in [2.05, 4.69) is 58.8 Å². The number of carbonyl (C=O) groups excluding carboxylic acids is 2. The molecule has 0 aromatic heterocycles. The molecule has 5 saturated carbocycles. The van der Waals surface area contributed by atoms with Gasteiger partial charge in [-0.2, -0.15) is 0 Å². The molecule has 0 heterocycles. The average molecular weight is 717 g/mol. The molecule has 2 amide bonds. The van der Waals surface area contributed by atoms with Crippen LogP contribution in [-0.2, 0) is 16.1 Å². The number of unbranched alkanes of at least 4 members (excludes halogenated alkanes) is 3. The number of hydrogen-bond acceptors (Lipinski definition) is 4. The number of nitrogens with one attached hydrogen (secondary N) is 2. The van der Waals surface area contributed by atoms with E-state index in [-0.39, 0.29) is 51.9 Å². The van der Waals surface area contributed by atoms with Crippen LogP contribution in [-0.4, -0.2) is 40.6 Å². The molecular formula is C45H68N2O5. The van der Waals surface area contributed by atoms with Gasteiger partial charge in [0.05, 0.1) is 11.5 Å². The molecule has 4 unspecified atom stereocenters. The van der Waals surface area contributed by atoms with Gasteiger partial charge in [0.25, 0.3) is 5.91 Å². The second kappa shape index (κ2) is 14.5. The second-order valence-corrected chi connectivity index (χ2v) is 19.4. The van der Waals surface area contributed by atoms with Gasteiger partial charge in [0, 0.05) is 25.1 Å². The van der Waals surface area contributed by atoms with E-state index in [1.807, 2.05) is 24.3 Å². The summed E-state index contributed by atoms with van der Waals surface area (Å²) in [6, 6.07) is 7.60. The van der Waals surface area contributed by atoms with Gasteiger partial charge in [-0.05, 0) is 153 Å². The first-order chi connectivity index (χ1) is 24.5. The highest BCUT2D eigenvalue weighted by molar-refractivity contribution is 5.94. The molecule has 5 fully saturated rings. The maximum atomic E-state index is 14.7. The first-order valence-electron chi connectivity index (χ1n) is 20.7. The summed E-state index contributed by atoms with van der Waals surface area (Å²) in [5, 5.41) is 26.3. The molecule has 52 heavy (non-hydrogen) atoms. The van der Waals surface area contributed by atoms with Gasteiger partial charge in [-0.1, -0.05) is 71.7 Å². The first kappa shape index (κ1) is 39.0. The van der Waals surface area contributed by atoms with Crippen molar-refractivity contribution in [1.82, 2.24) is 10.6 Å². The van der Waals surface area contributed by atoms with Crippen LogP contribution in [0, 0.1) is 56.7 Å². The van der Waals surface area contributed by atoms with E-state index in [4.69, 9.17) is 5.11 Å². The van der Waals surface area contributed by atoms with Gasteiger partial charge < -0.3 is 20.8 Å². The van der Waals surface area contributed by atoms with Crippen molar-refractivity contribution < 1.29 is 24.6 Å². The molecular weight excluding hydrogens is 649 g/mol. The molecule has 5 aliphatic carbocycles. The average Bonchev–Trinajstić information content (AvgIpc) is 3.50. The molecule has 5 aliphatic rings. The summed E-state index contributed by atoms with van der Waals surface area (Å²) in [6.07, 6.45) is 13.9. The van der Waals surface area contributed by atoms with Gasteiger partial charge in [0.1, 0.15) is 0 Å². The van der Waals surface area contributed by atoms with Gasteiger partial charge in [-0.25, -0.2) is 0 Å². The Morgan fingerprint density at radius 1 is 0.827 bits per heavy atom. The third-order valence-electron chi connectivity index (χ3n) is 16.7. The number of carboxylic acids is 1. The van der Waals surface area contributed by atoms with E-state index in [0.29, 0.717) is 48.7 Å². The standard InChI is InChI=1S/C45H68N2O5/c1-29(2)32-18-23-45(40(52)47-28-30-13-12-14-31(27-30)39(51)46-26-11-9-8-10-15-37(49)50)25-24-43(6)33(38(32)45)16-17-35-42(5)21-20-36(48)41(3,4)34(42)19-22-44(35,43)7/h12-14,27,32-36,38,48H,1,8-11,15-26,28H2,2-7H3,(H,46,51)(H,47,52)(H,49,50)/t32-,33?,34?,35?,36-,38?,42-,43+,44+,45-/m0/s1. The molecule has 0 aliphatic heterocycles. The van der Waals surface area contributed by atoms with Crippen LogP contribution in [0.15, 0.2) is 36.4 Å². The van der Waals surface area contributed by atoms with Crippen LogP contribution in [0.3, 0.4) is 0 Å². The van der Waals surface area contributed by atoms with Crippen molar-refractivity contribution in [1.29, 1.82) is 0 Å². The molecule has 288 valence electrons. The number of hydrogen-bond donors (Lipinski definition) is 4. The highest BCUT2D eigenvalue weighted by atomic mass is 16.4. The lowest BCUT2D eigenvalue weighted by atomic mass is 9.32. The maximum absolute atomic E-state index is 14.7. The summed E-state index contributed by atoms with van der Waals surface area (Å²) in [6.45, 7) is 20.1. The van der Waals surface area contributed by atoms with Crippen molar-refractivity contribution in [2.75, 3.05) is 6.54 Å². The fourth-order valence-electron chi connectivity index (χ4n) is 13.8. The molecule has 4 N–H and O–H groups in total. The van der Waals surface area contributed by atoms with Crippen LogP contribution in [0.2, 0.25) is 0 Å². The predicted molar refractivity (Wildman–Crippen MR) is 206 cm³/mol. The zero-order chi connectivity index (χ0) is 37.7. The van der Waals surface area contributed by atoms with Crippen molar-refractivity contribution in [2.24, 2.45) is 56.7 Å². The van der Waals surface area contributed by atoms with Gasteiger partial charge in [0.15, 0.2) is 0 Å². The van der Waals surface area contributed by atoms with E-state index in [1.165, 1.54) is 31.3 Å². The van der Waals surface area contributed by atoms with Crippen LogP contribution < -0.4 is 10.6 Å². The summed E-state index contributed by atoms with van der Waals surface area (Å²) in [4.78, 5) is 38.3. The maximum Gasteiger partial charge on any atom is 0.303 e. The number of carboxylic acid groups (broad SMARTS) is 1. The third kappa shape index (κ3) is 6.47. The Morgan fingerprint density at radius 2 is 1.58 bits per heavy atom. The Morgan fingerprint density at radius 3 is 2.31 bits per heavy atom. The van der Waals surface area contributed by atoms with E-state index in [9.17, 15) is 19.5 Å². The fraction of sp³-hybridized carbons (Fsp3) is 0.756. The summed E-state index contributed by atoms with van der Waals surface area (Å²) < 4.78 is 0. The van der Waals surface area contributed by atoms with Gasteiger partial charge in [-0.3, -0.25) is 14.4 Å². The Labute approximate surface area is 313 Å². The predicted octanol–water partition coefficient (Wildman–Crippen LogP) is 9.09. The Kier molecular flexibility index (Phi) is 10.9. The summed E-state index contributed by atoms with van der Waals surface area (Å²) in [5.41, 5.74) is 2.88. The lowest BCUT2D eigenvalue weighted by molar-refractivity contribution is -0.246. The minimum absolute atomic E-state index is 0.0583. The number of allylic oxidation sites excluding steroid dienone is 1. The molecule has 7 heteroatoms. The van der Waals surface area contributed by atoms with Gasteiger partial charge in [-0.15, -0.1) is 0 Å². The minimum atomic E-state index is -0.764. The zero-order valence-electron chi connectivity index (χ0n) is 33.1. The van der Waals surface area contributed by atoms with Crippen molar-refractivity contribution in [3.63, 3.8) is 0 Å². The van der Waals surface area contributed by atoms with E-state index < -0.39 is 11.4 Å². The van der Waals surface area contributed by atoms with E-state index in [1.54, 1.807) is 0 Å². The third-order valence-corrected chi connectivity index (χ3v) is 16.7. The van der Waals surface area contributed by atoms with Crippen LogP contribution in [0.1, 0.15) is 154 Å². The fourth-order valence-corrected chi connectivity index (χ4v) is 13.8.